The number of amides is 1. The number of nitrogens with one attached hydrogen (secondary N) is 1. The zero-order valence-electron chi connectivity index (χ0n) is 21.2. The summed E-state index contributed by atoms with van der Waals surface area (Å²) >= 11 is 0. The zero-order valence-corrected chi connectivity index (χ0v) is 21.2. The number of benzene rings is 3. The third-order valence-electron chi connectivity index (χ3n) is 6.85. The average molecular weight is 520 g/mol. The summed E-state index contributed by atoms with van der Waals surface area (Å²) in [5.41, 5.74) is 5.37. The van der Waals surface area contributed by atoms with Gasteiger partial charge in [0.15, 0.2) is 5.88 Å². The second kappa shape index (κ2) is 9.94. The van der Waals surface area contributed by atoms with Crippen molar-refractivity contribution in [1.82, 2.24) is 14.8 Å². The normalized spacial score (nSPS) is 13.1. The van der Waals surface area contributed by atoms with Crippen LogP contribution < -0.4 is 4.90 Å². The molecule has 0 saturated carbocycles. The number of rotatable bonds is 6. The fourth-order valence-corrected chi connectivity index (χ4v) is 4.97. The van der Waals surface area contributed by atoms with Crippen molar-refractivity contribution in [2.75, 3.05) is 18.6 Å². The third kappa shape index (κ3) is 4.54. The molecule has 9 nitrogen and oxygen atoms in total. The average Bonchev–Trinajstić information content (AvgIpc) is 3.69. The van der Waals surface area contributed by atoms with Crippen LogP contribution in [0.5, 0.6) is 5.88 Å². The maximum absolute atomic E-state index is 13.1. The van der Waals surface area contributed by atoms with Crippen LogP contribution in [-0.4, -0.2) is 51.1 Å². The van der Waals surface area contributed by atoms with Crippen LogP contribution in [0.4, 0.5) is 11.4 Å². The van der Waals surface area contributed by atoms with Crippen molar-refractivity contribution < 1.29 is 19.4 Å². The van der Waals surface area contributed by atoms with E-state index in [-0.39, 0.29) is 18.3 Å². The van der Waals surface area contributed by atoms with Gasteiger partial charge < -0.3 is 19.7 Å². The molecule has 3 heterocycles. The molecule has 0 aliphatic carbocycles. The smallest absolute Gasteiger partial charge is 0.337 e. The van der Waals surface area contributed by atoms with E-state index >= 15 is 0 Å². The number of aromatic hydroxyl groups is 1. The fourth-order valence-electron chi connectivity index (χ4n) is 4.97. The van der Waals surface area contributed by atoms with Crippen LogP contribution in [0.1, 0.15) is 27.0 Å². The highest BCUT2D eigenvalue weighted by atomic mass is 16.5. The van der Waals surface area contributed by atoms with Gasteiger partial charge in [0.25, 0.3) is 0 Å². The second-order valence-corrected chi connectivity index (χ2v) is 9.24. The van der Waals surface area contributed by atoms with E-state index in [1.807, 2.05) is 48.5 Å². The number of methoxy groups -OCH3 is 1. The Morgan fingerprint density at radius 1 is 1.05 bits per heavy atom. The quantitative estimate of drug-likeness (QED) is 0.251. The first-order valence-corrected chi connectivity index (χ1v) is 12.5. The number of carbonyl (C=O) groups excluding carboxylic acids is 2. The van der Waals surface area contributed by atoms with Gasteiger partial charge in [-0.2, -0.15) is 5.10 Å². The number of hydrogen-bond donors (Lipinski definition) is 2. The van der Waals surface area contributed by atoms with Gasteiger partial charge in [-0.3, -0.25) is 9.48 Å². The number of aromatic amines is 1. The predicted octanol–water partition coefficient (Wildman–Crippen LogP) is 4.62. The Kier molecular flexibility index (Phi) is 6.16. The second-order valence-electron chi connectivity index (χ2n) is 9.24. The van der Waals surface area contributed by atoms with Gasteiger partial charge in [-0.05, 0) is 42.3 Å². The van der Waals surface area contributed by atoms with Gasteiger partial charge in [-0.25, -0.2) is 9.79 Å². The van der Waals surface area contributed by atoms with Crippen LogP contribution in [0.2, 0.25) is 0 Å². The van der Waals surface area contributed by atoms with E-state index in [1.165, 1.54) is 7.11 Å². The van der Waals surface area contributed by atoms with Crippen LogP contribution in [0.15, 0.2) is 90.2 Å². The Morgan fingerprint density at radius 2 is 1.90 bits per heavy atom. The maximum atomic E-state index is 13.1. The number of H-pyrrole nitrogens is 1. The molecule has 0 fully saturated rings. The summed E-state index contributed by atoms with van der Waals surface area (Å²) in [6, 6.07) is 22.3. The molecule has 0 atom stereocenters. The van der Waals surface area contributed by atoms with Crippen molar-refractivity contribution in [2.24, 2.45) is 4.99 Å². The summed E-state index contributed by atoms with van der Waals surface area (Å²) in [4.78, 5) is 34.8. The van der Waals surface area contributed by atoms with E-state index in [1.54, 1.807) is 46.2 Å². The van der Waals surface area contributed by atoms with E-state index < -0.39 is 5.97 Å². The first-order chi connectivity index (χ1) is 19.0. The topological polar surface area (TPSA) is 113 Å². The van der Waals surface area contributed by atoms with E-state index in [4.69, 9.17) is 9.73 Å². The third-order valence-corrected chi connectivity index (χ3v) is 6.85. The highest BCUT2D eigenvalue weighted by Gasteiger charge is 2.26. The largest absolute Gasteiger partial charge is 0.494 e. The Labute approximate surface area is 224 Å². The molecule has 2 aromatic heterocycles. The summed E-state index contributed by atoms with van der Waals surface area (Å²) in [5, 5.41) is 15.9. The van der Waals surface area contributed by atoms with Gasteiger partial charge in [0, 0.05) is 41.1 Å². The first kappa shape index (κ1) is 24.2. The molecule has 6 rings (SSSR count). The highest BCUT2D eigenvalue weighted by Crippen LogP contribution is 2.35. The summed E-state index contributed by atoms with van der Waals surface area (Å²) < 4.78 is 6.45. The van der Waals surface area contributed by atoms with Crippen LogP contribution in [0, 0.1) is 0 Å². The Hall–Kier alpha value is -5.18. The van der Waals surface area contributed by atoms with E-state index in [0.29, 0.717) is 40.0 Å². The molecule has 1 amide bonds. The Balaban J connectivity index is 1.43. The summed E-state index contributed by atoms with van der Waals surface area (Å²) in [6.07, 6.45) is 4.19. The fraction of sp³-hybridized carbons (Fsp3) is 0.133. The minimum Gasteiger partial charge on any atom is -0.494 e. The standard InChI is InChI=1S/C30H25N5O4/c1-39-30(38)21-9-11-23-24(16-21)33-29(37)27(23)28(20-6-3-2-4-7-20)32-22-10-8-19-12-15-35(25(19)17-22)26(36)18-34-14-5-13-31-34/h2-11,13-14,16-17,33,37H,12,15,18H2,1H3. The van der Waals surface area contributed by atoms with Crippen molar-refractivity contribution in [3.8, 4) is 5.88 Å². The number of ether oxygens (including phenoxy) is 1. The van der Waals surface area contributed by atoms with E-state index in [2.05, 4.69) is 10.1 Å². The van der Waals surface area contributed by atoms with Gasteiger partial charge in [0.1, 0.15) is 6.54 Å². The molecule has 0 unspecified atom stereocenters. The van der Waals surface area contributed by atoms with Crippen LogP contribution in [0.3, 0.4) is 0 Å². The number of hydrogen-bond acceptors (Lipinski definition) is 6. The molecule has 39 heavy (non-hydrogen) atoms. The zero-order chi connectivity index (χ0) is 26.9. The molecule has 0 spiro atoms. The molecule has 1 aliphatic rings. The molecule has 9 heteroatoms. The molecule has 0 radical (unpaired) electrons. The number of anilines is 1. The van der Waals surface area contributed by atoms with Gasteiger partial charge in [-0.1, -0.05) is 42.5 Å². The van der Waals surface area contributed by atoms with Crippen molar-refractivity contribution >= 4 is 39.9 Å². The minimum absolute atomic E-state index is 0.0439. The van der Waals surface area contributed by atoms with Crippen molar-refractivity contribution in [2.45, 2.75) is 13.0 Å². The number of aliphatic imine (C=N–C) groups is 1. The lowest BCUT2D eigenvalue weighted by atomic mass is 10.00. The van der Waals surface area contributed by atoms with Crippen molar-refractivity contribution in [3.05, 3.63) is 107 Å². The molecule has 2 N–H and O–H groups in total. The maximum Gasteiger partial charge on any atom is 0.337 e. The predicted molar refractivity (Wildman–Crippen MR) is 148 cm³/mol. The van der Waals surface area contributed by atoms with Gasteiger partial charge in [0.2, 0.25) is 5.91 Å². The lowest BCUT2D eigenvalue weighted by Gasteiger charge is -2.18. The number of nitrogens with zero attached hydrogens (tertiary/aromatic N) is 4. The Bertz CT molecular complexity index is 1720. The van der Waals surface area contributed by atoms with E-state index in [9.17, 15) is 14.7 Å². The lowest BCUT2D eigenvalue weighted by Crippen LogP contribution is -2.32. The number of fused-ring (bicyclic) bond motifs is 2. The minimum atomic E-state index is -0.464. The molecular formula is C30H25N5O4. The molecule has 0 bridgehead atoms. The summed E-state index contributed by atoms with van der Waals surface area (Å²) in [6.45, 7) is 0.756. The van der Waals surface area contributed by atoms with E-state index in [0.717, 1.165) is 23.2 Å². The summed E-state index contributed by atoms with van der Waals surface area (Å²) in [5.74, 6) is -0.571. The molecule has 5 aromatic rings. The van der Waals surface area contributed by atoms with Gasteiger partial charge in [0.05, 0.1) is 29.6 Å². The van der Waals surface area contributed by atoms with Crippen LogP contribution >= 0.6 is 0 Å². The number of esters is 1. The molecule has 3 aromatic carbocycles. The van der Waals surface area contributed by atoms with Crippen molar-refractivity contribution in [3.63, 3.8) is 0 Å². The summed E-state index contributed by atoms with van der Waals surface area (Å²) in [7, 11) is 1.33. The molecule has 0 saturated heterocycles. The van der Waals surface area contributed by atoms with Crippen molar-refractivity contribution in [1.29, 1.82) is 0 Å². The highest BCUT2D eigenvalue weighted by molar-refractivity contribution is 6.22. The van der Waals surface area contributed by atoms with Crippen LogP contribution in [-0.2, 0) is 22.5 Å². The van der Waals surface area contributed by atoms with Gasteiger partial charge in [-0.15, -0.1) is 0 Å². The lowest BCUT2D eigenvalue weighted by molar-refractivity contribution is -0.119. The van der Waals surface area contributed by atoms with Crippen LogP contribution in [0.25, 0.3) is 10.9 Å². The molecule has 194 valence electrons. The SMILES string of the molecule is COC(=O)c1ccc2c(C(=Nc3ccc4c(c3)N(C(=O)Cn3cccn3)CC4)c3ccccc3)c(O)[nH]c2c1. The van der Waals surface area contributed by atoms with Gasteiger partial charge >= 0.3 is 5.97 Å². The first-order valence-electron chi connectivity index (χ1n) is 12.5. The number of carbonyl (C=O) groups is 2. The monoisotopic (exact) mass is 519 g/mol. The Morgan fingerprint density at radius 3 is 2.67 bits per heavy atom. The molecule has 1 aliphatic heterocycles. The number of aromatic nitrogens is 3. The molecular weight excluding hydrogens is 494 g/mol.